The van der Waals surface area contributed by atoms with Gasteiger partial charge in [-0.3, -0.25) is 4.99 Å². The van der Waals surface area contributed by atoms with Gasteiger partial charge < -0.3 is 20.1 Å². The molecule has 0 spiro atoms. The Hall–Kier alpha value is -2.05. The zero-order valence-corrected chi connectivity index (χ0v) is 15.9. The molecule has 0 saturated carbocycles. The fourth-order valence-corrected chi connectivity index (χ4v) is 3.08. The van der Waals surface area contributed by atoms with E-state index in [0.717, 1.165) is 30.4 Å². The molecule has 1 aromatic heterocycles. The van der Waals surface area contributed by atoms with E-state index in [1.807, 2.05) is 24.3 Å². The third-order valence-corrected chi connectivity index (χ3v) is 4.79. The molecule has 2 aromatic rings. The number of rotatable bonds is 9. The van der Waals surface area contributed by atoms with Crippen molar-refractivity contribution in [3.63, 3.8) is 0 Å². The minimum Gasteiger partial charge on any atom is -0.493 e. The Morgan fingerprint density at radius 2 is 2.12 bits per heavy atom. The molecule has 2 rings (SSSR count). The zero-order chi connectivity index (χ0) is 17.9. The van der Waals surface area contributed by atoms with E-state index in [1.54, 1.807) is 25.5 Å². The van der Waals surface area contributed by atoms with Crippen LogP contribution in [0.15, 0.2) is 46.8 Å². The normalized spacial score (nSPS) is 12.7. The molecule has 1 atom stereocenters. The van der Waals surface area contributed by atoms with E-state index in [9.17, 15) is 0 Å². The van der Waals surface area contributed by atoms with Crippen LogP contribution in [0.3, 0.4) is 0 Å². The molecule has 0 aliphatic heterocycles. The lowest BCUT2D eigenvalue weighted by atomic mass is 10.1. The maximum Gasteiger partial charge on any atom is 0.195 e. The Morgan fingerprint density at radius 3 is 2.84 bits per heavy atom. The van der Waals surface area contributed by atoms with Gasteiger partial charge in [-0.1, -0.05) is 19.1 Å². The highest BCUT2D eigenvalue weighted by molar-refractivity contribution is 7.10. The first-order valence-electron chi connectivity index (χ1n) is 8.45. The zero-order valence-electron chi connectivity index (χ0n) is 15.1. The largest absolute Gasteiger partial charge is 0.493 e. The molecule has 0 amide bonds. The molecule has 0 radical (unpaired) electrons. The Kier molecular flexibility index (Phi) is 8.28. The lowest BCUT2D eigenvalue weighted by Crippen LogP contribution is -2.33. The summed E-state index contributed by atoms with van der Waals surface area (Å²) in [6, 6.07) is 12.1. The predicted molar refractivity (Wildman–Crippen MR) is 106 cm³/mol. The summed E-state index contributed by atoms with van der Waals surface area (Å²) in [4.78, 5) is 5.66. The van der Waals surface area contributed by atoms with Crippen molar-refractivity contribution in [1.29, 1.82) is 0 Å². The van der Waals surface area contributed by atoms with E-state index in [0.29, 0.717) is 19.1 Å². The molecule has 136 valence electrons. The summed E-state index contributed by atoms with van der Waals surface area (Å²) in [7, 11) is 3.47. The Bertz CT molecular complexity index is 644. The fourth-order valence-electron chi connectivity index (χ4n) is 2.29. The van der Waals surface area contributed by atoms with E-state index < -0.39 is 0 Å². The van der Waals surface area contributed by atoms with Crippen LogP contribution in [-0.2, 0) is 4.74 Å². The van der Waals surface area contributed by atoms with Crippen molar-refractivity contribution in [3.8, 4) is 5.75 Å². The predicted octanol–water partition coefficient (Wildman–Crippen LogP) is 3.95. The number of thiophene rings is 1. The fraction of sp³-hybridized carbons (Fsp3) is 0.421. The lowest BCUT2D eigenvalue weighted by Gasteiger charge is -2.16. The number of methoxy groups -OCH3 is 1. The maximum absolute atomic E-state index is 5.73. The van der Waals surface area contributed by atoms with Crippen LogP contribution in [0.2, 0.25) is 0 Å². The average molecular weight is 362 g/mol. The van der Waals surface area contributed by atoms with Gasteiger partial charge >= 0.3 is 0 Å². The number of guanidine groups is 1. The highest BCUT2D eigenvalue weighted by Crippen LogP contribution is 2.20. The molecule has 0 saturated heterocycles. The molecule has 6 heteroatoms. The van der Waals surface area contributed by atoms with Crippen LogP contribution >= 0.6 is 11.3 Å². The van der Waals surface area contributed by atoms with Crippen molar-refractivity contribution in [3.05, 3.63) is 46.7 Å². The molecular formula is C19H27N3O2S. The summed E-state index contributed by atoms with van der Waals surface area (Å²) >= 11 is 1.78. The van der Waals surface area contributed by atoms with Crippen molar-refractivity contribution in [2.24, 2.45) is 4.99 Å². The van der Waals surface area contributed by atoms with Crippen LogP contribution < -0.4 is 15.4 Å². The van der Waals surface area contributed by atoms with Crippen LogP contribution in [0, 0.1) is 0 Å². The summed E-state index contributed by atoms with van der Waals surface area (Å²) in [5.41, 5.74) is 0.945. The molecule has 0 fully saturated rings. The summed E-state index contributed by atoms with van der Waals surface area (Å²) in [6.45, 7) is 4.38. The minimum atomic E-state index is 0.439. The third-order valence-electron chi connectivity index (χ3n) is 3.69. The first-order valence-corrected chi connectivity index (χ1v) is 9.33. The third kappa shape index (κ3) is 6.76. The first-order chi connectivity index (χ1) is 12.2. The molecule has 1 aromatic carbocycles. The highest BCUT2D eigenvalue weighted by Gasteiger charge is 2.08. The van der Waals surface area contributed by atoms with E-state index in [2.05, 4.69) is 40.1 Å². The maximum atomic E-state index is 5.73. The van der Waals surface area contributed by atoms with Crippen molar-refractivity contribution in [2.45, 2.75) is 19.3 Å². The molecule has 0 bridgehead atoms. The van der Waals surface area contributed by atoms with Crippen LogP contribution in [0.4, 0.5) is 5.69 Å². The molecule has 1 heterocycles. The van der Waals surface area contributed by atoms with Gasteiger partial charge in [0.1, 0.15) is 5.75 Å². The van der Waals surface area contributed by atoms with Crippen molar-refractivity contribution >= 4 is 23.0 Å². The number of anilines is 1. The van der Waals surface area contributed by atoms with Gasteiger partial charge in [-0.2, -0.15) is 0 Å². The van der Waals surface area contributed by atoms with Crippen molar-refractivity contribution in [1.82, 2.24) is 5.32 Å². The van der Waals surface area contributed by atoms with Gasteiger partial charge in [0.15, 0.2) is 5.96 Å². The van der Waals surface area contributed by atoms with Gasteiger partial charge in [0.05, 0.1) is 6.61 Å². The molecule has 5 nitrogen and oxygen atoms in total. The number of hydrogen-bond acceptors (Lipinski definition) is 4. The van der Waals surface area contributed by atoms with Gasteiger partial charge in [0, 0.05) is 56.3 Å². The van der Waals surface area contributed by atoms with Crippen molar-refractivity contribution < 1.29 is 9.47 Å². The molecule has 2 N–H and O–H groups in total. The molecule has 0 aliphatic carbocycles. The Balaban J connectivity index is 1.84. The number of ether oxygens (including phenoxy) is 2. The smallest absolute Gasteiger partial charge is 0.195 e. The second-order valence-corrected chi connectivity index (χ2v) is 6.70. The molecular weight excluding hydrogens is 334 g/mol. The van der Waals surface area contributed by atoms with Gasteiger partial charge in [0.25, 0.3) is 0 Å². The quantitative estimate of drug-likeness (QED) is 0.403. The van der Waals surface area contributed by atoms with Crippen LogP contribution in [0.1, 0.15) is 24.1 Å². The SMILES string of the molecule is CN=C(NCC(C)c1cccs1)Nc1cccc(OCCCOC)c1. The van der Waals surface area contributed by atoms with Gasteiger partial charge in [-0.15, -0.1) is 11.3 Å². The van der Waals surface area contributed by atoms with Gasteiger partial charge in [-0.05, 0) is 23.6 Å². The van der Waals surface area contributed by atoms with Crippen molar-refractivity contribution in [2.75, 3.05) is 39.2 Å². The summed E-state index contributed by atoms with van der Waals surface area (Å²) in [5.74, 6) is 2.03. The van der Waals surface area contributed by atoms with Crippen LogP contribution in [0.5, 0.6) is 5.75 Å². The molecule has 25 heavy (non-hydrogen) atoms. The number of aliphatic imine (C=N–C) groups is 1. The van der Waals surface area contributed by atoms with E-state index in [-0.39, 0.29) is 0 Å². The van der Waals surface area contributed by atoms with Gasteiger partial charge in [-0.25, -0.2) is 0 Å². The Labute approximate surface area is 154 Å². The monoisotopic (exact) mass is 361 g/mol. The second-order valence-electron chi connectivity index (χ2n) is 5.72. The number of benzene rings is 1. The second kappa shape index (κ2) is 10.7. The number of hydrogen-bond donors (Lipinski definition) is 2. The molecule has 0 aliphatic rings. The lowest BCUT2D eigenvalue weighted by molar-refractivity contribution is 0.172. The average Bonchev–Trinajstić information content (AvgIpc) is 3.17. The van der Waals surface area contributed by atoms with E-state index >= 15 is 0 Å². The highest BCUT2D eigenvalue weighted by atomic mass is 32.1. The van der Waals surface area contributed by atoms with E-state index in [1.165, 1.54) is 4.88 Å². The first kappa shape index (κ1) is 19.3. The minimum absolute atomic E-state index is 0.439. The molecule has 1 unspecified atom stereocenters. The number of nitrogens with zero attached hydrogens (tertiary/aromatic N) is 1. The standard InChI is InChI=1S/C19H27N3O2S/c1-15(18-9-5-12-25-18)14-21-19(20-2)22-16-7-4-8-17(13-16)24-11-6-10-23-3/h4-5,7-9,12-13,15H,6,10-11,14H2,1-3H3,(H2,20,21,22). The van der Waals surface area contributed by atoms with E-state index in [4.69, 9.17) is 9.47 Å². The van der Waals surface area contributed by atoms with Crippen LogP contribution in [0.25, 0.3) is 0 Å². The topological polar surface area (TPSA) is 54.9 Å². The number of nitrogens with one attached hydrogen (secondary N) is 2. The Morgan fingerprint density at radius 1 is 1.24 bits per heavy atom. The summed E-state index contributed by atoms with van der Waals surface area (Å²) < 4.78 is 10.8. The van der Waals surface area contributed by atoms with Gasteiger partial charge in [0.2, 0.25) is 0 Å². The van der Waals surface area contributed by atoms with Crippen LogP contribution in [-0.4, -0.2) is 39.9 Å². The summed E-state index contributed by atoms with van der Waals surface area (Å²) in [6.07, 6.45) is 0.873. The summed E-state index contributed by atoms with van der Waals surface area (Å²) in [5, 5.41) is 8.79.